The third-order valence-electron chi connectivity index (χ3n) is 11.4. The highest BCUT2D eigenvalue weighted by atomic mass is 35.5. The minimum absolute atomic E-state index is 0.0523. The number of amides is 7. The first-order valence-electron chi connectivity index (χ1n) is 19.7. The summed E-state index contributed by atoms with van der Waals surface area (Å²) in [5, 5.41) is 11.5. The number of carbonyl (C=O) groups is 7. The zero-order valence-corrected chi connectivity index (χ0v) is 33.6. The van der Waals surface area contributed by atoms with Gasteiger partial charge in [0.1, 0.15) is 42.4 Å². The number of ether oxygens (including phenoxy) is 1. The molecule has 0 radical (unpaired) electrons. The second-order valence-corrected chi connectivity index (χ2v) is 16.4. The number of esters is 1. The van der Waals surface area contributed by atoms with Crippen molar-refractivity contribution in [2.45, 2.75) is 108 Å². The van der Waals surface area contributed by atoms with E-state index in [0.29, 0.717) is 49.4 Å². The van der Waals surface area contributed by atoms with E-state index in [4.69, 9.17) is 16.3 Å². The predicted molar refractivity (Wildman–Crippen MR) is 211 cm³/mol. The molecule has 7 amide bonds. The summed E-state index contributed by atoms with van der Waals surface area (Å²) < 4.78 is 5.85. The number of hydrogen-bond donors (Lipinski definition) is 4. The number of fused-ring (bicyclic) bond motifs is 3. The summed E-state index contributed by atoms with van der Waals surface area (Å²) in [5.74, 6) is -3.58. The highest BCUT2D eigenvalue weighted by Gasteiger charge is 2.52. The Morgan fingerprint density at radius 2 is 1.63 bits per heavy atom. The third kappa shape index (κ3) is 9.35. The van der Waals surface area contributed by atoms with E-state index < -0.39 is 83.9 Å². The molecule has 4 aliphatic rings. The zero-order valence-electron chi connectivity index (χ0n) is 32.8. The average molecular weight is 806 g/mol. The van der Waals surface area contributed by atoms with Crippen molar-refractivity contribution in [2.75, 3.05) is 31.6 Å². The average Bonchev–Trinajstić information content (AvgIpc) is 3.80. The number of cyclic esters (lactones) is 1. The molecule has 0 aliphatic carbocycles. The van der Waals surface area contributed by atoms with Crippen LogP contribution in [0.25, 0.3) is 0 Å². The Bertz CT molecular complexity index is 1890. The van der Waals surface area contributed by atoms with Crippen molar-refractivity contribution in [3.63, 3.8) is 0 Å². The molecule has 4 heterocycles. The van der Waals surface area contributed by atoms with Crippen molar-refractivity contribution in [3.8, 4) is 0 Å². The molecule has 0 saturated carbocycles. The lowest BCUT2D eigenvalue weighted by Crippen LogP contribution is -2.63. The van der Waals surface area contributed by atoms with Crippen LogP contribution in [0.2, 0.25) is 5.02 Å². The molecule has 0 spiro atoms. The van der Waals surface area contributed by atoms with Crippen LogP contribution in [0.1, 0.15) is 70.4 Å². The molecule has 2 aromatic carbocycles. The highest BCUT2D eigenvalue weighted by Crippen LogP contribution is 2.35. The van der Waals surface area contributed by atoms with E-state index in [1.807, 2.05) is 38.1 Å². The van der Waals surface area contributed by atoms with Gasteiger partial charge >= 0.3 is 12.0 Å². The number of nitrogens with one attached hydrogen (secondary N) is 4. The summed E-state index contributed by atoms with van der Waals surface area (Å²) in [6.07, 6.45) is 2.91. The largest absolute Gasteiger partial charge is 0.461 e. The van der Waals surface area contributed by atoms with Gasteiger partial charge in [0.2, 0.25) is 29.5 Å². The number of anilines is 1. The van der Waals surface area contributed by atoms with Gasteiger partial charge in [-0.15, -0.1) is 0 Å². The minimum atomic E-state index is -1.46. The molecule has 4 saturated heterocycles. The van der Waals surface area contributed by atoms with Crippen LogP contribution >= 0.6 is 11.6 Å². The summed E-state index contributed by atoms with van der Waals surface area (Å²) in [6.45, 7) is 7.11. The zero-order chi connectivity index (χ0) is 41.0. The number of benzene rings is 2. The number of rotatable bonds is 6. The molecule has 1 unspecified atom stereocenters. The summed E-state index contributed by atoms with van der Waals surface area (Å²) in [5.41, 5.74) is 0.681. The molecule has 7 atom stereocenters. The van der Waals surface area contributed by atoms with Crippen LogP contribution in [0.3, 0.4) is 0 Å². The standard InChI is InChI=1S/C41H52ClN7O8/c1-24-9-7-10-27(19-24)20-30(46-40(56)44-29-15-13-28(42)14-16-29)34(50)45-31-23-57-39(55)41(4)21-25(2)22-49(41)36(52)26(3)43-35(51)32-11-5-6-17-47(32)38(54)33-12-8-18-48(33)37(31)53/h7,9-10,13-16,19,25-26,30-33H,5-6,8,11-12,17-18,20-23H2,1-4H3,(H,43,51)(H,45,50)(H2,44,46,56)/t25-,26-,30-,31-,32-,33-,41?/m0/s1. The number of hydrogen-bond acceptors (Lipinski definition) is 8. The van der Waals surface area contributed by atoms with Gasteiger partial charge < -0.3 is 40.7 Å². The maximum absolute atomic E-state index is 14.6. The monoisotopic (exact) mass is 805 g/mol. The molecule has 4 N–H and O–H groups in total. The Labute approximate surface area is 337 Å². The number of halogens is 1. The van der Waals surface area contributed by atoms with Crippen LogP contribution in [-0.4, -0.2) is 118 Å². The molecule has 2 aromatic rings. The maximum atomic E-state index is 14.6. The van der Waals surface area contributed by atoms with Crippen molar-refractivity contribution >= 4 is 58.8 Å². The van der Waals surface area contributed by atoms with Gasteiger partial charge in [0.15, 0.2) is 0 Å². The van der Waals surface area contributed by atoms with E-state index in [1.54, 1.807) is 38.1 Å². The van der Waals surface area contributed by atoms with Crippen LogP contribution in [0, 0.1) is 12.8 Å². The molecule has 0 bridgehead atoms. The molecule has 15 nitrogen and oxygen atoms in total. The number of aryl methyl sites for hydroxylation is 1. The normalized spacial score (nSPS) is 27.8. The smallest absolute Gasteiger partial charge is 0.331 e. The first-order chi connectivity index (χ1) is 27.1. The van der Waals surface area contributed by atoms with Crippen molar-refractivity contribution in [2.24, 2.45) is 5.92 Å². The van der Waals surface area contributed by atoms with E-state index in [1.165, 1.54) is 14.7 Å². The predicted octanol–water partition coefficient (Wildman–Crippen LogP) is 2.93. The Morgan fingerprint density at radius 1 is 0.930 bits per heavy atom. The summed E-state index contributed by atoms with van der Waals surface area (Å²) in [4.78, 5) is 103. The lowest BCUT2D eigenvalue weighted by Gasteiger charge is -2.40. The summed E-state index contributed by atoms with van der Waals surface area (Å²) >= 11 is 6.01. The number of carbonyl (C=O) groups excluding carboxylic acids is 7. The number of nitrogens with zero attached hydrogens (tertiary/aromatic N) is 3. The van der Waals surface area contributed by atoms with Gasteiger partial charge in [0, 0.05) is 36.8 Å². The van der Waals surface area contributed by atoms with E-state index in [-0.39, 0.29) is 31.8 Å². The van der Waals surface area contributed by atoms with Gasteiger partial charge in [0.25, 0.3) is 0 Å². The molecular formula is C41H52ClN7O8. The molecule has 16 heteroatoms. The Kier molecular flexibility index (Phi) is 12.8. The fourth-order valence-corrected chi connectivity index (χ4v) is 8.68. The topological polar surface area (TPSA) is 187 Å². The van der Waals surface area contributed by atoms with E-state index in [2.05, 4.69) is 21.3 Å². The first kappa shape index (κ1) is 41.5. The Morgan fingerprint density at radius 3 is 2.37 bits per heavy atom. The molecule has 4 fully saturated rings. The number of urea groups is 1. The van der Waals surface area contributed by atoms with Gasteiger partial charge in [-0.3, -0.25) is 24.0 Å². The summed E-state index contributed by atoms with van der Waals surface area (Å²) in [6, 6.07) is 7.75. The van der Waals surface area contributed by atoms with Gasteiger partial charge in [-0.1, -0.05) is 48.4 Å². The lowest BCUT2D eigenvalue weighted by atomic mass is 9.94. The van der Waals surface area contributed by atoms with Crippen molar-refractivity contribution in [1.82, 2.24) is 30.7 Å². The first-order valence-corrected chi connectivity index (χ1v) is 20.1. The SMILES string of the molecule is Cc1cccc(C[C@H](NC(=O)Nc2ccc(Cl)cc2)C(=O)N[C@H]2COC(=O)C3(C)C[C@H](C)CN3C(=O)[C@H](C)NC(=O)[C@@H]3CCCCN3C(=O)[C@@H]3CCCN3C2=O)c1. The molecule has 0 aromatic heterocycles. The fourth-order valence-electron chi connectivity index (χ4n) is 8.55. The quantitative estimate of drug-likeness (QED) is 0.321. The maximum Gasteiger partial charge on any atom is 0.331 e. The molecule has 57 heavy (non-hydrogen) atoms. The lowest BCUT2D eigenvalue weighted by molar-refractivity contribution is -0.164. The molecule has 4 aliphatic heterocycles. The molecule has 6 rings (SSSR count). The Hall–Kier alpha value is -5.18. The van der Waals surface area contributed by atoms with Crippen LogP contribution in [0.15, 0.2) is 48.5 Å². The van der Waals surface area contributed by atoms with Crippen molar-refractivity contribution in [3.05, 3.63) is 64.7 Å². The van der Waals surface area contributed by atoms with Crippen LogP contribution in [0.4, 0.5) is 10.5 Å². The van der Waals surface area contributed by atoms with Gasteiger partial charge in [-0.2, -0.15) is 0 Å². The molecular weight excluding hydrogens is 754 g/mol. The van der Waals surface area contributed by atoms with Gasteiger partial charge in [0.05, 0.1) is 0 Å². The second kappa shape index (κ2) is 17.5. The van der Waals surface area contributed by atoms with Crippen LogP contribution in [-0.2, 0) is 39.9 Å². The van der Waals surface area contributed by atoms with Crippen molar-refractivity contribution < 1.29 is 38.3 Å². The van der Waals surface area contributed by atoms with E-state index in [0.717, 1.165) is 11.1 Å². The van der Waals surface area contributed by atoms with Crippen LogP contribution < -0.4 is 21.3 Å². The van der Waals surface area contributed by atoms with Gasteiger partial charge in [-0.25, -0.2) is 9.59 Å². The minimum Gasteiger partial charge on any atom is -0.461 e. The third-order valence-corrected chi connectivity index (χ3v) is 11.7. The van der Waals surface area contributed by atoms with E-state index >= 15 is 0 Å². The highest BCUT2D eigenvalue weighted by molar-refractivity contribution is 6.30. The Balaban J connectivity index is 1.32. The van der Waals surface area contributed by atoms with Gasteiger partial charge in [-0.05, 0) is 95.0 Å². The molecule has 306 valence electrons. The van der Waals surface area contributed by atoms with E-state index in [9.17, 15) is 33.6 Å². The summed E-state index contributed by atoms with van der Waals surface area (Å²) in [7, 11) is 0. The van der Waals surface area contributed by atoms with Crippen LogP contribution in [0.5, 0.6) is 0 Å². The van der Waals surface area contributed by atoms with Crippen molar-refractivity contribution in [1.29, 1.82) is 0 Å². The fraction of sp³-hybridized carbons (Fsp3) is 0.537. The number of piperidine rings is 1. The second-order valence-electron chi connectivity index (χ2n) is 16.0.